The highest BCUT2D eigenvalue weighted by Gasteiger charge is 2.32. The van der Waals surface area contributed by atoms with Crippen LogP contribution in [0.2, 0.25) is 0 Å². The highest BCUT2D eigenvalue weighted by molar-refractivity contribution is 5.82. The number of nitrogens with one attached hydrogen (secondary N) is 1. The number of amides is 2. The molecule has 28 heavy (non-hydrogen) atoms. The molecule has 1 aliphatic rings. The summed E-state index contributed by atoms with van der Waals surface area (Å²) in [5.74, 6) is 0.122. The third-order valence-electron chi connectivity index (χ3n) is 5.13. The van der Waals surface area contributed by atoms with E-state index in [0.717, 1.165) is 0 Å². The fourth-order valence-electron chi connectivity index (χ4n) is 3.52. The third-order valence-corrected chi connectivity index (χ3v) is 5.13. The van der Waals surface area contributed by atoms with E-state index >= 15 is 0 Å². The predicted molar refractivity (Wildman–Crippen MR) is 106 cm³/mol. The molecule has 0 radical (unpaired) electrons. The summed E-state index contributed by atoms with van der Waals surface area (Å²) in [6.07, 6.45) is 3.72. The Morgan fingerprint density at radius 1 is 1.21 bits per heavy atom. The average molecular weight is 387 g/mol. The van der Waals surface area contributed by atoms with Gasteiger partial charge in [0.1, 0.15) is 0 Å². The number of aryl methyl sites for hydroxylation is 1. The first kappa shape index (κ1) is 20.1. The van der Waals surface area contributed by atoms with Crippen molar-refractivity contribution in [2.24, 2.45) is 11.3 Å². The lowest BCUT2D eigenvalue weighted by Crippen LogP contribution is -2.46. The molecule has 0 aromatic carbocycles. The van der Waals surface area contributed by atoms with Gasteiger partial charge in [-0.25, -0.2) is 9.48 Å². The van der Waals surface area contributed by atoms with E-state index in [2.05, 4.69) is 10.4 Å². The summed E-state index contributed by atoms with van der Waals surface area (Å²) in [7, 11) is 0. The van der Waals surface area contributed by atoms with Crippen LogP contribution >= 0.6 is 0 Å². The first-order valence-electron chi connectivity index (χ1n) is 9.88. The Morgan fingerprint density at radius 3 is 2.57 bits per heavy atom. The van der Waals surface area contributed by atoms with Crippen LogP contribution in [-0.2, 0) is 16.1 Å². The average Bonchev–Trinajstić information content (AvgIpc) is 3.00. The van der Waals surface area contributed by atoms with Gasteiger partial charge in [-0.1, -0.05) is 26.8 Å². The van der Waals surface area contributed by atoms with Crippen LogP contribution in [0.1, 0.15) is 40.0 Å². The summed E-state index contributed by atoms with van der Waals surface area (Å²) < 4.78 is 2.93. The van der Waals surface area contributed by atoms with Gasteiger partial charge in [-0.2, -0.15) is 0 Å². The Labute approximate surface area is 164 Å². The monoisotopic (exact) mass is 387 g/mol. The molecule has 152 valence electrons. The SMILES string of the molecule is CC(C)(C)C(=O)N1CCC(C(=O)NCCCn2nc3ccccn3c2=O)CC1. The molecule has 8 nitrogen and oxygen atoms in total. The zero-order valence-electron chi connectivity index (χ0n) is 16.9. The number of piperidine rings is 1. The Kier molecular flexibility index (Phi) is 5.86. The molecule has 0 saturated carbocycles. The molecule has 0 spiro atoms. The Hall–Kier alpha value is -2.64. The van der Waals surface area contributed by atoms with Gasteiger partial charge in [0.05, 0.1) is 0 Å². The van der Waals surface area contributed by atoms with Gasteiger partial charge in [-0.05, 0) is 31.4 Å². The van der Waals surface area contributed by atoms with Crippen LogP contribution in [0.3, 0.4) is 0 Å². The first-order chi connectivity index (χ1) is 13.3. The second-order valence-electron chi connectivity index (χ2n) is 8.40. The third kappa shape index (κ3) is 4.43. The number of hydrogen-bond acceptors (Lipinski definition) is 4. The molecular weight excluding hydrogens is 358 g/mol. The molecule has 0 atom stereocenters. The number of hydrogen-bond donors (Lipinski definition) is 1. The van der Waals surface area contributed by atoms with Crippen molar-refractivity contribution in [3.63, 3.8) is 0 Å². The molecule has 0 unspecified atom stereocenters. The van der Waals surface area contributed by atoms with Crippen molar-refractivity contribution >= 4 is 17.5 Å². The van der Waals surface area contributed by atoms with E-state index in [1.807, 2.05) is 31.7 Å². The summed E-state index contributed by atoms with van der Waals surface area (Å²) in [5.41, 5.74) is 0.0661. The lowest BCUT2D eigenvalue weighted by molar-refractivity contribution is -0.142. The summed E-state index contributed by atoms with van der Waals surface area (Å²) in [6, 6.07) is 5.42. The number of fused-ring (bicyclic) bond motifs is 1. The maximum Gasteiger partial charge on any atom is 0.350 e. The number of pyridine rings is 1. The van der Waals surface area contributed by atoms with Crippen molar-refractivity contribution in [1.82, 2.24) is 24.4 Å². The van der Waals surface area contributed by atoms with Crippen LogP contribution in [0, 0.1) is 11.3 Å². The van der Waals surface area contributed by atoms with E-state index < -0.39 is 0 Å². The Bertz CT molecular complexity index is 900. The quantitative estimate of drug-likeness (QED) is 0.783. The van der Waals surface area contributed by atoms with Gasteiger partial charge in [0, 0.05) is 43.7 Å². The lowest BCUT2D eigenvalue weighted by Gasteiger charge is -2.35. The van der Waals surface area contributed by atoms with Crippen molar-refractivity contribution in [3.05, 3.63) is 34.9 Å². The zero-order valence-corrected chi connectivity index (χ0v) is 16.9. The molecule has 1 N–H and O–H groups in total. The molecule has 3 rings (SSSR count). The number of nitrogens with zero attached hydrogens (tertiary/aromatic N) is 4. The number of carbonyl (C=O) groups excluding carboxylic acids is 2. The van der Waals surface area contributed by atoms with Gasteiger partial charge in [0.15, 0.2) is 5.65 Å². The van der Waals surface area contributed by atoms with Gasteiger partial charge in [-0.3, -0.25) is 14.0 Å². The maximum absolute atomic E-state index is 12.4. The van der Waals surface area contributed by atoms with E-state index in [0.29, 0.717) is 51.1 Å². The van der Waals surface area contributed by atoms with Crippen molar-refractivity contribution in [1.29, 1.82) is 0 Å². The minimum Gasteiger partial charge on any atom is -0.356 e. The van der Waals surface area contributed by atoms with Crippen LogP contribution in [-0.4, -0.2) is 50.5 Å². The standard InChI is InChI=1S/C20H29N5O3/c1-20(2,3)18(27)23-13-8-15(9-14-23)17(26)21-10-6-12-25-19(28)24-11-5-4-7-16(24)22-25/h4-5,7,11,15H,6,8-10,12-14H2,1-3H3,(H,21,26). The van der Waals surface area contributed by atoms with E-state index in [-0.39, 0.29) is 28.8 Å². The Morgan fingerprint density at radius 2 is 1.93 bits per heavy atom. The van der Waals surface area contributed by atoms with Crippen molar-refractivity contribution in [2.75, 3.05) is 19.6 Å². The maximum atomic E-state index is 12.4. The van der Waals surface area contributed by atoms with Gasteiger partial charge < -0.3 is 10.2 Å². The van der Waals surface area contributed by atoms with Crippen molar-refractivity contribution in [2.45, 2.75) is 46.6 Å². The Balaban J connectivity index is 1.42. The van der Waals surface area contributed by atoms with E-state index in [9.17, 15) is 14.4 Å². The van der Waals surface area contributed by atoms with E-state index in [4.69, 9.17) is 0 Å². The molecule has 1 fully saturated rings. The minimum atomic E-state index is -0.384. The smallest absolute Gasteiger partial charge is 0.350 e. The van der Waals surface area contributed by atoms with E-state index in [1.165, 1.54) is 9.08 Å². The summed E-state index contributed by atoms with van der Waals surface area (Å²) >= 11 is 0. The number of aromatic nitrogens is 3. The van der Waals surface area contributed by atoms with Crippen LogP contribution < -0.4 is 11.0 Å². The topological polar surface area (TPSA) is 88.7 Å². The van der Waals surface area contributed by atoms with Crippen molar-refractivity contribution in [3.8, 4) is 0 Å². The lowest BCUT2D eigenvalue weighted by atomic mass is 9.90. The predicted octanol–water partition coefficient (Wildman–Crippen LogP) is 1.29. The molecule has 2 aromatic heterocycles. The zero-order chi connectivity index (χ0) is 20.3. The summed E-state index contributed by atoms with van der Waals surface area (Å²) in [6.45, 7) is 7.98. The molecule has 8 heteroatoms. The molecular formula is C20H29N5O3. The molecule has 2 amide bonds. The largest absolute Gasteiger partial charge is 0.356 e. The number of rotatable bonds is 5. The van der Waals surface area contributed by atoms with Gasteiger partial charge in [0.2, 0.25) is 11.8 Å². The van der Waals surface area contributed by atoms with Gasteiger partial charge in [-0.15, -0.1) is 5.10 Å². The normalized spacial score (nSPS) is 15.8. The van der Waals surface area contributed by atoms with Crippen molar-refractivity contribution < 1.29 is 9.59 Å². The van der Waals surface area contributed by atoms with Crippen LogP contribution in [0.15, 0.2) is 29.2 Å². The van der Waals surface area contributed by atoms with Crippen LogP contribution in [0.4, 0.5) is 0 Å². The molecule has 2 aromatic rings. The van der Waals surface area contributed by atoms with Gasteiger partial charge in [0.25, 0.3) is 0 Å². The molecule has 1 aliphatic heterocycles. The minimum absolute atomic E-state index is 0.0326. The summed E-state index contributed by atoms with van der Waals surface area (Å²) in [4.78, 5) is 38.8. The van der Waals surface area contributed by atoms with Gasteiger partial charge >= 0.3 is 5.69 Å². The fraction of sp³-hybridized carbons (Fsp3) is 0.600. The molecule has 0 aliphatic carbocycles. The highest BCUT2D eigenvalue weighted by atomic mass is 16.2. The number of carbonyl (C=O) groups is 2. The molecule has 1 saturated heterocycles. The fourth-order valence-corrected chi connectivity index (χ4v) is 3.52. The summed E-state index contributed by atoms with van der Waals surface area (Å²) in [5, 5.41) is 7.24. The van der Waals surface area contributed by atoms with E-state index in [1.54, 1.807) is 18.3 Å². The van der Waals surface area contributed by atoms with Crippen LogP contribution in [0.25, 0.3) is 5.65 Å². The second-order valence-corrected chi connectivity index (χ2v) is 8.40. The molecule has 0 bridgehead atoms. The first-order valence-corrected chi connectivity index (χ1v) is 9.88. The number of likely N-dealkylation sites (tertiary alicyclic amines) is 1. The highest BCUT2D eigenvalue weighted by Crippen LogP contribution is 2.23. The van der Waals surface area contributed by atoms with Crippen LogP contribution in [0.5, 0.6) is 0 Å². The molecule has 3 heterocycles. The second kappa shape index (κ2) is 8.16.